The summed E-state index contributed by atoms with van der Waals surface area (Å²) in [6.45, 7) is 0. The van der Waals surface area contributed by atoms with Gasteiger partial charge in [0, 0.05) is 6.07 Å². The lowest BCUT2D eigenvalue weighted by Crippen LogP contribution is -2.22. The third-order valence-electron chi connectivity index (χ3n) is 2.91. The van der Waals surface area contributed by atoms with Gasteiger partial charge in [0.25, 0.3) is 0 Å². The molecule has 0 aliphatic rings. The Labute approximate surface area is 118 Å². The van der Waals surface area contributed by atoms with Crippen molar-refractivity contribution in [2.45, 2.75) is 0 Å². The van der Waals surface area contributed by atoms with E-state index in [4.69, 9.17) is 9.52 Å². The van der Waals surface area contributed by atoms with E-state index in [1.807, 2.05) is 6.07 Å². The first-order valence-electron chi connectivity index (χ1n) is 6.14. The highest BCUT2D eigenvalue weighted by molar-refractivity contribution is 5.85. The molecule has 3 aromatic rings. The summed E-state index contributed by atoms with van der Waals surface area (Å²) in [7, 11) is 0. The molecule has 0 saturated carbocycles. The van der Waals surface area contributed by atoms with Gasteiger partial charge in [0.2, 0.25) is 11.1 Å². The Morgan fingerprint density at radius 2 is 1.90 bits per heavy atom. The number of nitrogens with zero attached hydrogens (tertiary/aromatic N) is 2. The maximum atomic E-state index is 11.9. The predicted octanol–water partition coefficient (Wildman–Crippen LogP) is 2.19. The Kier molecular flexibility index (Phi) is 3.12. The Balaban J connectivity index is 2.31. The van der Waals surface area contributed by atoms with Gasteiger partial charge in [-0.05, 0) is 24.3 Å². The van der Waals surface area contributed by atoms with Crippen molar-refractivity contribution in [3.8, 4) is 17.1 Å². The van der Waals surface area contributed by atoms with Crippen LogP contribution >= 0.6 is 0 Å². The van der Waals surface area contributed by atoms with Crippen LogP contribution < -0.4 is 5.43 Å². The van der Waals surface area contributed by atoms with Gasteiger partial charge in [0.15, 0.2) is 5.76 Å². The molecule has 1 N–H and O–H groups in total. The maximum Gasteiger partial charge on any atom is 0.360 e. The van der Waals surface area contributed by atoms with Crippen LogP contribution in [-0.4, -0.2) is 20.9 Å². The van der Waals surface area contributed by atoms with Crippen molar-refractivity contribution < 1.29 is 14.3 Å². The van der Waals surface area contributed by atoms with Gasteiger partial charge in [-0.3, -0.25) is 4.79 Å². The molecule has 2 aromatic heterocycles. The zero-order chi connectivity index (χ0) is 14.8. The van der Waals surface area contributed by atoms with Crippen molar-refractivity contribution in [2.75, 3.05) is 0 Å². The normalized spacial score (nSPS) is 10.5. The lowest BCUT2D eigenvalue weighted by Gasteiger charge is -2.11. The van der Waals surface area contributed by atoms with Gasteiger partial charge in [-0.2, -0.15) is 5.10 Å². The summed E-state index contributed by atoms with van der Waals surface area (Å²) in [5, 5.41) is 13.0. The van der Waals surface area contributed by atoms with Gasteiger partial charge in [-0.15, -0.1) is 0 Å². The average molecular weight is 282 g/mol. The molecule has 6 nitrogen and oxygen atoms in total. The molecule has 21 heavy (non-hydrogen) atoms. The first-order valence-corrected chi connectivity index (χ1v) is 6.14. The van der Waals surface area contributed by atoms with Gasteiger partial charge in [-0.1, -0.05) is 18.2 Å². The first kappa shape index (κ1) is 12.9. The monoisotopic (exact) mass is 282 g/mol. The number of carboxylic acids is 1. The Hall–Kier alpha value is -3.15. The highest BCUT2D eigenvalue weighted by Gasteiger charge is 2.17. The van der Waals surface area contributed by atoms with Gasteiger partial charge in [0.1, 0.15) is 5.69 Å². The Bertz CT molecular complexity index is 836. The van der Waals surface area contributed by atoms with Crippen LogP contribution in [0.15, 0.2) is 64.0 Å². The molecule has 104 valence electrons. The number of rotatable bonds is 3. The van der Waals surface area contributed by atoms with E-state index in [1.165, 1.54) is 17.0 Å². The number of furan rings is 1. The minimum Gasteiger partial charge on any atom is -0.476 e. The van der Waals surface area contributed by atoms with Crippen molar-refractivity contribution in [1.29, 1.82) is 0 Å². The second-order valence-electron chi connectivity index (χ2n) is 4.27. The molecular weight excluding hydrogens is 272 g/mol. The molecule has 3 rings (SSSR count). The van der Waals surface area contributed by atoms with Gasteiger partial charge < -0.3 is 9.52 Å². The summed E-state index contributed by atoms with van der Waals surface area (Å²) >= 11 is 0. The highest BCUT2D eigenvalue weighted by Crippen LogP contribution is 2.21. The third-order valence-corrected chi connectivity index (χ3v) is 2.91. The first-order chi connectivity index (χ1) is 10.2. The fourth-order valence-corrected chi connectivity index (χ4v) is 1.97. The van der Waals surface area contributed by atoms with Crippen molar-refractivity contribution in [2.24, 2.45) is 0 Å². The smallest absolute Gasteiger partial charge is 0.360 e. The van der Waals surface area contributed by atoms with E-state index >= 15 is 0 Å². The van der Waals surface area contributed by atoms with Crippen molar-refractivity contribution in [3.05, 3.63) is 70.7 Å². The molecule has 0 bridgehead atoms. The number of hydrogen-bond donors (Lipinski definition) is 1. The van der Waals surface area contributed by atoms with Crippen LogP contribution in [0.5, 0.6) is 0 Å². The van der Waals surface area contributed by atoms with Gasteiger partial charge >= 0.3 is 5.97 Å². The minimum absolute atomic E-state index is 0.390. The van der Waals surface area contributed by atoms with E-state index in [0.29, 0.717) is 17.1 Å². The molecule has 0 radical (unpaired) electrons. The number of carbonyl (C=O) groups is 1. The molecule has 2 heterocycles. The number of benzene rings is 1. The molecule has 0 saturated heterocycles. The molecule has 0 amide bonds. The van der Waals surface area contributed by atoms with Gasteiger partial charge in [-0.25, -0.2) is 9.48 Å². The second-order valence-corrected chi connectivity index (χ2v) is 4.27. The van der Waals surface area contributed by atoms with Crippen LogP contribution in [0.2, 0.25) is 0 Å². The van der Waals surface area contributed by atoms with Crippen LogP contribution in [0.1, 0.15) is 10.5 Å². The molecule has 0 spiro atoms. The SMILES string of the molecule is O=C(O)c1nn(-c2ccccc2)c(-c2ccco2)cc1=O. The fraction of sp³-hybridized carbons (Fsp3) is 0. The lowest BCUT2D eigenvalue weighted by atomic mass is 10.2. The van der Waals surface area contributed by atoms with Crippen molar-refractivity contribution in [1.82, 2.24) is 9.78 Å². The number of hydrogen-bond acceptors (Lipinski definition) is 4. The predicted molar refractivity (Wildman–Crippen MR) is 74.5 cm³/mol. The van der Waals surface area contributed by atoms with E-state index in [-0.39, 0.29) is 0 Å². The van der Waals surface area contributed by atoms with Crippen LogP contribution in [0.3, 0.4) is 0 Å². The average Bonchev–Trinajstić information content (AvgIpc) is 3.01. The molecule has 0 fully saturated rings. The second kappa shape index (κ2) is 5.09. The molecule has 1 aromatic carbocycles. The molecule has 0 unspecified atom stereocenters. The number of para-hydroxylation sites is 1. The topological polar surface area (TPSA) is 85.3 Å². The molecular formula is C15H10N2O4. The van der Waals surface area contributed by atoms with E-state index in [2.05, 4.69) is 5.10 Å². The van der Waals surface area contributed by atoms with Crippen molar-refractivity contribution in [3.63, 3.8) is 0 Å². The number of carboxylic acid groups (broad SMARTS) is 1. The highest BCUT2D eigenvalue weighted by atomic mass is 16.4. The standard InChI is InChI=1S/C15H10N2O4/c18-12-9-11(13-7-4-8-21-13)17(16-14(12)15(19)20)10-5-2-1-3-6-10/h1-9H,(H,19,20). The van der Waals surface area contributed by atoms with E-state index < -0.39 is 17.1 Å². The summed E-state index contributed by atoms with van der Waals surface area (Å²) in [5.41, 5.74) is -0.178. The van der Waals surface area contributed by atoms with E-state index in [1.54, 1.807) is 36.4 Å². The minimum atomic E-state index is -1.37. The summed E-state index contributed by atoms with van der Waals surface area (Å²) in [4.78, 5) is 23.0. The molecule has 0 atom stereocenters. The zero-order valence-corrected chi connectivity index (χ0v) is 10.8. The fourth-order valence-electron chi connectivity index (χ4n) is 1.97. The zero-order valence-electron chi connectivity index (χ0n) is 10.8. The molecule has 6 heteroatoms. The summed E-state index contributed by atoms with van der Waals surface area (Å²) in [6.07, 6.45) is 1.47. The van der Waals surface area contributed by atoms with Crippen LogP contribution in [0, 0.1) is 0 Å². The van der Waals surface area contributed by atoms with Crippen LogP contribution in [0.4, 0.5) is 0 Å². The summed E-state index contributed by atoms with van der Waals surface area (Å²) < 4.78 is 6.67. The number of aromatic nitrogens is 2. The van der Waals surface area contributed by atoms with Crippen molar-refractivity contribution >= 4 is 5.97 Å². The van der Waals surface area contributed by atoms with E-state index in [9.17, 15) is 9.59 Å². The summed E-state index contributed by atoms with van der Waals surface area (Å²) in [6, 6.07) is 13.5. The largest absolute Gasteiger partial charge is 0.476 e. The molecule has 0 aliphatic carbocycles. The van der Waals surface area contributed by atoms with Gasteiger partial charge in [0.05, 0.1) is 12.0 Å². The quantitative estimate of drug-likeness (QED) is 0.795. The van der Waals surface area contributed by atoms with Crippen LogP contribution in [-0.2, 0) is 0 Å². The lowest BCUT2D eigenvalue weighted by molar-refractivity contribution is 0.0687. The Morgan fingerprint density at radius 1 is 1.14 bits per heavy atom. The maximum absolute atomic E-state index is 11.9. The van der Waals surface area contributed by atoms with E-state index in [0.717, 1.165) is 0 Å². The number of aromatic carboxylic acids is 1. The Morgan fingerprint density at radius 3 is 2.52 bits per heavy atom. The third kappa shape index (κ3) is 2.34. The van der Waals surface area contributed by atoms with Crippen LogP contribution in [0.25, 0.3) is 17.1 Å². The summed E-state index contributed by atoms with van der Waals surface area (Å²) in [5.74, 6) is -0.934. The molecule has 0 aliphatic heterocycles.